The smallest absolute Gasteiger partial charge is 0.136 e. The summed E-state index contributed by atoms with van der Waals surface area (Å²) in [4.78, 5) is 5.35. The first-order valence-electron chi connectivity index (χ1n) is 15.6. The van der Waals surface area contributed by atoms with Crippen LogP contribution in [-0.4, -0.2) is 5.71 Å². The molecule has 0 N–H and O–H groups in total. The van der Waals surface area contributed by atoms with Crippen molar-refractivity contribution in [2.45, 2.75) is 32.6 Å². The van der Waals surface area contributed by atoms with Crippen molar-refractivity contribution in [3.63, 3.8) is 0 Å². The third-order valence-electron chi connectivity index (χ3n) is 9.05. The van der Waals surface area contributed by atoms with Gasteiger partial charge < -0.3 is 4.42 Å². The summed E-state index contributed by atoms with van der Waals surface area (Å²) in [6.07, 6.45) is 13.0. The van der Waals surface area contributed by atoms with Crippen molar-refractivity contribution < 1.29 is 4.42 Å². The van der Waals surface area contributed by atoms with Gasteiger partial charge >= 0.3 is 0 Å². The standard InChI is InChI=1S/C42H33NO/c1-28-16-23-39(43-40(31-13-6-3-7-14-31)27-38(28)30-11-4-2-5-12-30)35-20-22-37-36-21-19-34(25-41(36)44-42(37)26-35)33-18-17-29-10-8-9-15-32(29)24-33/h2-4,6-11,13-15,17-22,24-27H,5,12,16,23H2,1H3/b38-28-,40-27-,43-39?. The lowest BCUT2D eigenvalue weighted by atomic mass is 9.89. The van der Waals surface area contributed by atoms with Gasteiger partial charge in [-0.1, -0.05) is 103 Å². The Morgan fingerprint density at radius 1 is 0.614 bits per heavy atom. The zero-order valence-electron chi connectivity index (χ0n) is 24.9. The number of aliphatic imine (C=N–C) groups is 1. The number of fused-ring (bicyclic) bond motifs is 4. The molecule has 0 amide bonds. The second-order valence-electron chi connectivity index (χ2n) is 11.9. The Labute approximate surface area is 258 Å². The molecule has 6 aromatic rings. The van der Waals surface area contributed by atoms with Crippen LogP contribution in [0.3, 0.4) is 0 Å². The SMILES string of the molecule is C/C1=C(C2=CC=CCC2)\C=C(\c2ccccc2)N=C(c2ccc3c(c2)oc2cc(-c4ccc5ccccc5c4)ccc23)CC1. The quantitative estimate of drug-likeness (QED) is 0.208. The van der Waals surface area contributed by atoms with Gasteiger partial charge in [0.05, 0.1) is 5.70 Å². The topological polar surface area (TPSA) is 25.5 Å². The van der Waals surface area contributed by atoms with Gasteiger partial charge in [0.1, 0.15) is 11.2 Å². The minimum absolute atomic E-state index is 0.875. The second-order valence-corrected chi connectivity index (χ2v) is 11.9. The number of rotatable bonds is 4. The summed E-state index contributed by atoms with van der Waals surface area (Å²) >= 11 is 0. The highest BCUT2D eigenvalue weighted by atomic mass is 16.3. The summed E-state index contributed by atoms with van der Waals surface area (Å²) < 4.78 is 6.53. The summed E-state index contributed by atoms with van der Waals surface area (Å²) in [6.45, 7) is 2.28. The van der Waals surface area contributed by atoms with Crippen molar-refractivity contribution in [3.05, 3.63) is 161 Å². The molecule has 1 aromatic heterocycles. The van der Waals surface area contributed by atoms with Gasteiger partial charge in [-0.15, -0.1) is 0 Å². The molecule has 44 heavy (non-hydrogen) atoms. The molecule has 0 fully saturated rings. The van der Waals surface area contributed by atoms with Crippen molar-refractivity contribution in [3.8, 4) is 11.1 Å². The molecule has 0 bridgehead atoms. The maximum atomic E-state index is 6.53. The Kier molecular flexibility index (Phi) is 6.68. The van der Waals surface area contributed by atoms with Gasteiger partial charge in [-0.25, -0.2) is 0 Å². The highest BCUT2D eigenvalue weighted by Crippen LogP contribution is 2.36. The molecule has 2 heteroatoms. The van der Waals surface area contributed by atoms with Gasteiger partial charge in [-0.05, 0) is 108 Å². The fraction of sp³-hybridized carbons (Fsp3) is 0.119. The van der Waals surface area contributed by atoms with E-state index >= 15 is 0 Å². The molecule has 0 saturated carbocycles. The fourth-order valence-electron chi connectivity index (χ4n) is 6.60. The predicted octanol–water partition coefficient (Wildman–Crippen LogP) is 11.6. The van der Waals surface area contributed by atoms with Gasteiger partial charge in [0.2, 0.25) is 0 Å². The van der Waals surface area contributed by atoms with Gasteiger partial charge in [0.15, 0.2) is 0 Å². The van der Waals surface area contributed by atoms with E-state index in [-0.39, 0.29) is 0 Å². The van der Waals surface area contributed by atoms with Gasteiger partial charge in [-0.2, -0.15) is 0 Å². The van der Waals surface area contributed by atoms with E-state index in [2.05, 4.69) is 140 Å². The van der Waals surface area contributed by atoms with Crippen LogP contribution in [0.1, 0.15) is 43.7 Å². The number of benzene rings is 5. The number of hydrogen-bond donors (Lipinski definition) is 0. The molecule has 5 aromatic carbocycles. The summed E-state index contributed by atoms with van der Waals surface area (Å²) in [6, 6.07) is 38.9. The van der Waals surface area contributed by atoms with Crippen LogP contribution in [0, 0.1) is 0 Å². The average Bonchev–Trinajstić information content (AvgIpc) is 3.44. The van der Waals surface area contributed by atoms with Crippen LogP contribution in [0.4, 0.5) is 0 Å². The molecule has 1 aliphatic carbocycles. The van der Waals surface area contributed by atoms with E-state index in [4.69, 9.17) is 9.41 Å². The van der Waals surface area contributed by atoms with Gasteiger partial charge in [0, 0.05) is 22.0 Å². The molecule has 0 unspecified atom stereocenters. The highest BCUT2D eigenvalue weighted by molar-refractivity contribution is 6.10. The number of nitrogens with zero attached hydrogens (tertiary/aromatic N) is 1. The lowest BCUT2D eigenvalue weighted by molar-refractivity contribution is 0.669. The van der Waals surface area contributed by atoms with E-state index in [1.807, 2.05) is 0 Å². The molecular weight excluding hydrogens is 534 g/mol. The maximum absolute atomic E-state index is 6.53. The Balaban J connectivity index is 1.20. The molecule has 2 aliphatic rings. The predicted molar refractivity (Wildman–Crippen MR) is 186 cm³/mol. The van der Waals surface area contributed by atoms with Crippen LogP contribution >= 0.6 is 0 Å². The first-order chi connectivity index (χ1) is 21.7. The van der Waals surface area contributed by atoms with Crippen LogP contribution in [-0.2, 0) is 0 Å². The van der Waals surface area contributed by atoms with Crippen molar-refractivity contribution in [1.82, 2.24) is 0 Å². The number of furan rings is 1. The van der Waals surface area contributed by atoms with E-state index in [1.54, 1.807) is 0 Å². The van der Waals surface area contributed by atoms with Gasteiger partial charge in [0.25, 0.3) is 0 Å². The number of allylic oxidation sites excluding steroid dienone is 7. The van der Waals surface area contributed by atoms with Crippen molar-refractivity contribution in [1.29, 1.82) is 0 Å². The van der Waals surface area contributed by atoms with E-state index in [9.17, 15) is 0 Å². The summed E-state index contributed by atoms with van der Waals surface area (Å²) in [5.41, 5.74) is 12.7. The van der Waals surface area contributed by atoms with Crippen LogP contribution in [0.15, 0.2) is 160 Å². The van der Waals surface area contributed by atoms with Gasteiger partial charge in [-0.3, -0.25) is 4.99 Å². The van der Waals surface area contributed by atoms with E-state index in [1.165, 1.54) is 33.1 Å². The zero-order valence-corrected chi connectivity index (χ0v) is 24.9. The van der Waals surface area contributed by atoms with Crippen molar-refractivity contribution >= 4 is 44.1 Å². The molecule has 2 nitrogen and oxygen atoms in total. The Morgan fingerprint density at radius 2 is 1.32 bits per heavy atom. The molecule has 0 spiro atoms. The monoisotopic (exact) mass is 567 g/mol. The zero-order chi connectivity index (χ0) is 29.5. The molecule has 0 saturated heterocycles. The summed E-state index contributed by atoms with van der Waals surface area (Å²) in [5.74, 6) is 0. The molecule has 0 atom stereocenters. The lowest BCUT2D eigenvalue weighted by Crippen LogP contribution is -2.06. The first-order valence-corrected chi connectivity index (χ1v) is 15.6. The molecule has 2 heterocycles. The third kappa shape index (κ3) is 4.93. The second kappa shape index (κ2) is 11.1. The normalized spacial score (nSPS) is 18.5. The lowest BCUT2D eigenvalue weighted by Gasteiger charge is -2.19. The van der Waals surface area contributed by atoms with Crippen molar-refractivity contribution in [2.24, 2.45) is 4.99 Å². The van der Waals surface area contributed by atoms with Crippen LogP contribution in [0.25, 0.3) is 49.5 Å². The van der Waals surface area contributed by atoms with E-state index in [0.717, 1.165) is 75.7 Å². The first kappa shape index (κ1) is 26.4. The molecule has 8 rings (SSSR count). The minimum Gasteiger partial charge on any atom is -0.456 e. The molecule has 1 aliphatic heterocycles. The maximum Gasteiger partial charge on any atom is 0.136 e. The molecule has 0 radical (unpaired) electrons. The largest absolute Gasteiger partial charge is 0.456 e. The molecular formula is C42H33NO. The Hall–Kier alpha value is -5.21. The summed E-state index contributed by atoms with van der Waals surface area (Å²) in [7, 11) is 0. The fourth-order valence-corrected chi connectivity index (χ4v) is 6.60. The highest BCUT2D eigenvalue weighted by Gasteiger charge is 2.17. The van der Waals surface area contributed by atoms with E-state index in [0.29, 0.717) is 0 Å². The van der Waals surface area contributed by atoms with Crippen LogP contribution < -0.4 is 0 Å². The minimum atomic E-state index is 0.875. The van der Waals surface area contributed by atoms with Crippen LogP contribution in [0.2, 0.25) is 0 Å². The molecule has 212 valence electrons. The number of hydrogen-bond acceptors (Lipinski definition) is 2. The van der Waals surface area contributed by atoms with Crippen LogP contribution in [0.5, 0.6) is 0 Å². The third-order valence-corrected chi connectivity index (χ3v) is 9.05. The average molecular weight is 568 g/mol. The van der Waals surface area contributed by atoms with Crippen molar-refractivity contribution in [2.75, 3.05) is 0 Å². The Morgan fingerprint density at radius 3 is 2.11 bits per heavy atom. The van der Waals surface area contributed by atoms with E-state index < -0.39 is 0 Å². The Bertz CT molecular complexity index is 2220. The summed E-state index contributed by atoms with van der Waals surface area (Å²) in [5, 5.41) is 4.77.